The molecule has 1 N–H and O–H groups in total. The molecular formula is C24H30N2O4. The Bertz CT molecular complexity index is 835. The molecule has 30 heavy (non-hydrogen) atoms. The quantitative estimate of drug-likeness (QED) is 0.606. The highest BCUT2D eigenvalue weighted by atomic mass is 16.5. The predicted molar refractivity (Wildman–Crippen MR) is 117 cm³/mol. The van der Waals surface area contributed by atoms with Crippen LogP contribution in [0.4, 0.5) is 5.69 Å². The maximum absolute atomic E-state index is 12.6. The van der Waals surface area contributed by atoms with Crippen molar-refractivity contribution in [3.05, 3.63) is 54.1 Å². The summed E-state index contributed by atoms with van der Waals surface area (Å²) in [4.78, 5) is 26.4. The van der Waals surface area contributed by atoms with Crippen LogP contribution in [0.1, 0.15) is 38.2 Å². The van der Waals surface area contributed by atoms with Crippen LogP contribution in [0.15, 0.2) is 48.5 Å². The number of nitrogens with zero attached hydrogens (tertiary/aromatic N) is 1. The third kappa shape index (κ3) is 6.24. The predicted octanol–water partition coefficient (Wildman–Crippen LogP) is 3.73. The highest BCUT2D eigenvalue weighted by molar-refractivity contribution is 5.97. The molecule has 0 bridgehead atoms. The zero-order chi connectivity index (χ0) is 21.2. The summed E-state index contributed by atoms with van der Waals surface area (Å²) in [5.41, 5.74) is 1.91. The second-order valence-corrected chi connectivity index (χ2v) is 7.31. The van der Waals surface area contributed by atoms with Gasteiger partial charge in [0, 0.05) is 19.4 Å². The standard InChI is InChI=1S/C24H30N2O4/c1-2-3-17-29-20-10-8-19(9-11-20)14-15-25-23(27)12-13-24(28)26-16-18-30-22-7-5-4-6-21(22)26/h4-11H,2-3,12-18H2,1H3,(H,25,27). The van der Waals surface area contributed by atoms with E-state index in [1.54, 1.807) is 4.90 Å². The van der Waals surface area contributed by atoms with Crippen molar-refractivity contribution < 1.29 is 19.1 Å². The molecular weight excluding hydrogens is 380 g/mol. The topological polar surface area (TPSA) is 67.9 Å². The van der Waals surface area contributed by atoms with Crippen molar-refractivity contribution in [2.45, 2.75) is 39.0 Å². The first-order chi connectivity index (χ1) is 14.7. The van der Waals surface area contributed by atoms with Crippen molar-refractivity contribution in [2.24, 2.45) is 0 Å². The number of amides is 2. The van der Waals surface area contributed by atoms with Gasteiger partial charge in [0.15, 0.2) is 0 Å². The van der Waals surface area contributed by atoms with Crippen LogP contribution >= 0.6 is 0 Å². The minimum atomic E-state index is -0.107. The highest BCUT2D eigenvalue weighted by Gasteiger charge is 2.23. The largest absolute Gasteiger partial charge is 0.494 e. The van der Waals surface area contributed by atoms with Gasteiger partial charge in [-0.25, -0.2) is 0 Å². The fourth-order valence-corrected chi connectivity index (χ4v) is 3.31. The Morgan fingerprint density at radius 3 is 2.70 bits per heavy atom. The number of carbonyl (C=O) groups excluding carboxylic acids is 2. The first kappa shape index (κ1) is 21.7. The van der Waals surface area contributed by atoms with E-state index in [2.05, 4.69) is 12.2 Å². The van der Waals surface area contributed by atoms with E-state index in [1.807, 2.05) is 48.5 Å². The van der Waals surface area contributed by atoms with Gasteiger partial charge in [0.25, 0.3) is 0 Å². The lowest BCUT2D eigenvalue weighted by Gasteiger charge is -2.29. The van der Waals surface area contributed by atoms with Gasteiger partial charge in [-0.15, -0.1) is 0 Å². The van der Waals surface area contributed by atoms with Crippen molar-refractivity contribution in [1.29, 1.82) is 0 Å². The summed E-state index contributed by atoms with van der Waals surface area (Å²) in [6.07, 6.45) is 3.27. The van der Waals surface area contributed by atoms with Gasteiger partial charge in [0.05, 0.1) is 18.8 Å². The highest BCUT2D eigenvalue weighted by Crippen LogP contribution is 2.31. The molecule has 2 aromatic rings. The number of hydrogen-bond donors (Lipinski definition) is 1. The van der Waals surface area contributed by atoms with Gasteiger partial charge in [-0.2, -0.15) is 0 Å². The van der Waals surface area contributed by atoms with Crippen LogP contribution < -0.4 is 19.7 Å². The number of rotatable bonds is 10. The Kier molecular flexibility index (Phi) is 8.12. The zero-order valence-corrected chi connectivity index (χ0v) is 17.6. The van der Waals surface area contributed by atoms with E-state index in [1.165, 1.54) is 0 Å². The Morgan fingerprint density at radius 2 is 1.90 bits per heavy atom. The van der Waals surface area contributed by atoms with Crippen LogP contribution in [0, 0.1) is 0 Å². The van der Waals surface area contributed by atoms with Crippen molar-refractivity contribution in [1.82, 2.24) is 5.32 Å². The average Bonchev–Trinajstić information content (AvgIpc) is 2.78. The average molecular weight is 411 g/mol. The molecule has 0 fully saturated rings. The van der Waals surface area contributed by atoms with Crippen LogP contribution in [0.2, 0.25) is 0 Å². The molecule has 6 nitrogen and oxygen atoms in total. The summed E-state index contributed by atoms with van der Waals surface area (Å²) >= 11 is 0. The SMILES string of the molecule is CCCCOc1ccc(CCNC(=O)CCC(=O)N2CCOc3ccccc32)cc1. The van der Waals surface area contributed by atoms with Gasteiger partial charge in [-0.3, -0.25) is 9.59 Å². The summed E-state index contributed by atoms with van der Waals surface area (Å²) in [6.45, 7) is 4.40. The molecule has 0 saturated carbocycles. The summed E-state index contributed by atoms with van der Waals surface area (Å²) in [5, 5.41) is 2.90. The second-order valence-electron chi connectivity index (χ2n) is 7.31. The third-order valence-electron chi connectivity index (χ3n) is 5.02. The minimum absolute atomic E-state index is 0.0560. The Morgan fingerprint density at radius 1 is 1.10 bits per heavy atom. The summed E-state index contributed by atoms with van der Waals surface area (Å²) in [6, 6.07) is 15.5. The van der Waals surface area contributed by atoms with Gasteiger partial charge >= 0.3 is 0 Å². The van der Waals surface area contributed by atoms with Gasteiger partial charge < -0.3 is 19.7 Å². The number of ether oxygens (including phenoxy) is 2. The van der Waals surface area contributed by atoms with Gasteiger partial charge in [-0.1, -0.05) is 37.6 Å². The first-order valence-electron chi connectivity index (χ1n) is 10.7. The fourth-order valence-electron chi connectivity index (χ4n) is 3.31. The third-order valence-corrected chi connectivity index (χ3v) is 5.02. The van der Waals surface area contributed by atoms with E-state index in [0.29, 0.717) is 25.4 Å². The molecule has 1 aliphatic heterocycles. The molecule has 0 saturated heterocycles. The molecule has 1 heterocycles. The van der Waals surface area contributed by atoms with E-state index >= 15 is 0 Å². The van der Waals surface area contributed by atoms with Crippen molar-refractivity contribution in [3.63, 3.8) is 0 Å². The van der Waals surface area contributed by atoms with Gasteiger partial charge in [0.1, 0.15) is 18.1 Å². The number of fused-ring (bicyclic) bond motifs is 1. The number of carbonyl (C=O) groups is 2. The molecule has 0 spiro atoms. The van der Waals surface area contributed by atoms with Crippen LogP contribution in [-0.4, -0.2) is 38.1 Å². The zero-order valence-electron chi connectivity index (χ0n) is 17.6. The lowest BCUT2D eigenvalue weighted by molar-refractivity contribution is -0.125. The monoisotopic (exact) mass is 410 g/mol. The van der Waals surface area contributed by atoms with E-state index in [9.17, 15) is 9.59 Å². The summed E-state index contributed by atoms with van der Waals surface area (Å²) in [7, 11) is 0. The molecule has 2 amide bonds. The smallest absolute Gasteiger partial charge is 0.227 e. The number of anilines is 1. The number of benzene rings is 2. The molecule has 160 valence electrons. The second kappa shape index (κ2) is 11.2. The number of para-hydroxylation sites is 2. The molecule has 0 unspecified atom stereocenters. The maximum Gasteiger partial charge on any atom is 0.227 e. The molecule has 0 atom stereocenters. The van der Waals surface area contributed by atoms with E-state index in [4.69, 9.17) is 9.47 Å². The molecule has 6 heteroatoms. The lowest BCUT2D eigenvalue weighted by atomic mass is 10.1. The Labute approximate surface area is 178 Å². The van der Waals surface area contributed by atoms with E-state index < -0.39 is 0 Å². The van der Waals surface area contributed by atoms with Crippen molar-refractivity contribution >= 4 is 17.5 Å². The fraction of sp³-hybridized carbons (Fsp3) is 0.417. The Hall–Kier alpha value is -3.02. The van der Waals surface area contributed by atoms with Crippen molar-refractivity contribution in [3.8, 4) is 11.5 Å². The molecule has 1 aliphatic rings. The molecule has 0 radical (unpaired) electrons. The van der Waals surface area contributed by atoms with Crippen molar-refractivity contribution in [2.75, 3.05) is 31.2 Å². The molecule has 0 aliphatic carbocycles. The van der Waals surface area contributed by atoms with Crippen LogP contribution in [0.25, 0.3) is 0 Å². The van der Waals surface area contributed by atoms with Crippen LogP contribution in [0.5, 0.6) is 11.5 Å². The summed E-state index contributed by atoms with van der Waals surface area (Å²) < 4.78 is 11.2. The Balaban J connectivity index is 1.37. The van der Waals surface area contributed by atoms with E-state index in [0.717, 1.165) is 42.9 Å². The molecule has 3 rings (SSSR count). The minimum Gasteiger partial charge on any atom is -0.494 e. The number of nitrogens with one attached hydrogen (secondary N) is 1. The van der Waals surface area contributed by atoms with E-state index in [-0.39, 0.29) is 24.7 Å². The van der Waals surface area contributed by atoms with Gasteiger partial charge in [-0.05, 0) is 42.7 Å². The van der Waals surface area contributed by atoms with Gasteiger partial charge in [0.2, 0.25) is 11.8 Å². The molecule has 2 aromatic carbocycles. The first-order valence-corrected chi connectivity index (χ1v) is 10.7. The van der Waals surface area contributed by atoms with Crippen LogP contribution in [0.3, 0.4) is 0 Å². The van der Waals surface area contributed by atoms with Crippen LogP contribution in [-0.2, 0) is 16.0 Å². The lowest BCUT2D eigenvalue weighted by Crippen LogP contribution is -2.38. The molecule has 0 aromatic heterocycles. The number of hydrogen-bond acceptors (Lipinski definition) is 4. The number of unbranched alkanes of at least 4 members (excludes halogenated alkanes) is 1. The maximum atomic E-state index is 12.6. The normalized spacial score (nSPS) is 12.6. The summed E-state index contributed by atoms with van der Waals surface area (Å²) in [5.74, 6) is 1.42.